The smallest absolute Gasteiger partial charge is 0.140 e. The normalized spacial score (nSPS) is 14.1. The molecular formula is C4H11NO3S. The van der Waals surface area contributed by atoms with Crippen molar-refractivity contribution >= 4 is 10.7 Å². The maximum Gasteiger partial charge on any atom is 0.140 e. The van der Waals surface area contributed by atoms with Crippen molar-refractivity contribution in [3.8, 4) is 0 Å². The Labute approximate surface area is 55.6 Å². The number of hydrogen-bond donors (Lipinski definition) is 3. The van der Waals surface area contributed by atoms with Gasteiger partial charge in [-0.15, -0.1) is 0 Å². The van der Waals surface area contributed by atoms with Crippen LogP contribution in [0.4, 0.5) is 0 Å². The van der Waals surface area contributed by atoms with Crippen molar-refractivity contribution in [1.82, 2.24) is 0 Å². The molecule has 9 heavy (non-hydrogen) atoms. The van der Waals surface area contributed by atoms with Gasteiger partial charge in [-0.25, -0.2) is 8.42 Å². The Bertz CT molecular complexity index is 122. The van der Waals surface area contributed by atoms with Crippen LogP contribution in [0.2, 0.25) is 0 Å². The lowest BCUT2D eigenvalue weighted by atomic mass is 10.2. The van der Waals surface area contributed by atoms with Crippen LogP contribution < -0.4 is 5.73 Å². The van der Waals surface area contributed by atoms with E-state index in [0.717, 1.165) is 0 Å². The zero-order chi connectivity index (χ0) is 7.28. The molecular weight excluding hydrogens is 142 g/mol. The van der Waals surface area contributed by atoms with E-state index in [4.69, 9.17) is 10.8 Å². The van der Waals surface area contributed by atoms with Gasteiger partial charge in [0.1, 0.15) is 10.7 Å². The summed E-state index contributed by atoms with van der Waals surface area (Å²) in [5, 5.41) is 8.43. The Morgan fingerprint density at radius 1 is 1.56 bits per heavy atom. The molecule has 0 rings (SSSR count). The highest BCUT2D eigenvalue weighted by Gasteiger charge is 2.04. The van der Waals surface area contributed by atoms with Gasteiger partial charge in [-0.2, -0.15) is 0 Å². The minimum Gasteiger partial charge on any atom is -0.396 e. The molecule has 0 spiro atoms. The van der Waals surface area contributed by atoms with Crippen molar-refractivity contribution in [1.29, 1.82) is 0 Å². The molecule has 0 fully saturated rings. The summed E-state index contributed by atoms with van der Waals surface area (Å²) in [5.74, 6) is -0.298. The summed E-state index contributed by atoms with van der Waals surface area (Å²) >= 11 is 0. The van der Waals surface area contributed by atoms with E-state index in [2.05, 4.69) is 0 Å². The fourth-order valence-electron chi connectivity index (χ4n) is 0.418. The molecule has 0 unspecified atom stereocenters. The largest absolute Gasteiger partial charge is 0.396 e. The van der Waals surface area contributed by atoms with Crippen LogP contribution in [0, 0.1) is 5.92 Å². The van der Waals surface area contributed by atoms with Crippen LogP contribution in [0.1, 0.15) is 0 Å². The lowest BCUT2D eigenvalue weighted by molar-refractivity contribution is 0.243. The molecule has 4 nitrogen and oxygen atoms in total. The molecule has 3 N–H and O–H groups in total. The Morgan fingerprint density at radius 2 is 2.11 bits per heavy atom. The van der Waals surface area contributed by atoms with E-state index in [0.29, 0.717) is 0 Å². The van der Waals surface area contributed by atoms with Crippen molar-refractivity contribution in [2.75, 3.05) is 18.9 Å². The van der Waals surface area contributed by atoms with E-state index < -0.39 is 10.7 Å². The van der Waals surface area contributed by atoms with Crippen LogP contribution in [-0.4, -0.2) is 32.4 Å². The number of nitrogens with two attached hydrogens (primary N) is 1. The van der Waals surface area contributed by atoms with Gasteiger partial charge in [0.15, 0.2) is 0 Å². The Balaban J connectivity index is 3.55. The van der Waals surface area contributed by atoms with Crippen molar-refractivity contribution < 1.29 is 13.5 Å². The standard InChI is InChI=1S/C4H11NO3S/c5-1-4(2-6)3-9(7)8/h4,6,9H,1-3,5H2/t4-/m1/s1. The summed E-state index contributed by atoms with van der Waals surface area (Å²) in [6.07, 6.45) is 0. The molecule has 0 radical (unpaired) electrons. The van der Waals surface area contributed by atoms with E-state index in [9.17, 15) is 8.42 Å². The van der Waals surface area contributed by atoms with E-state index in [1.807, 2.05) is 0 Å². The van der Waals surface area contributed by atoms with Gasteiger partial charge in [0.25, 0.3) is 0 Å². The maximum absolute atomic E-state index is 10.00. The molecule has 0 bridgehead atoms. The Kier molecular flexibility index (Phi) is 4.65. The quantitative estimate of drug-likeness (QED) is 0.415. The fraction of sp³-hybridized carbons (Fsp3) is 1.00. The highest BCUT2D eigenvalue weighted by Crippen LogP contribution is 1.90. The summed E-state index contributed by atoms with van der Waals surface area (Å²) in [6, 6.07) is 0. The molecule has 0 saturated carbocycles. The van der Waals surface area contributed by atoms with Gasteiger partial charge in [0.2, 0.25) is 0 Å². The van der Waals surface area contributed by atoms with Crippen LogP contribution in [0.5, 0.6) is 0 Å². The van der Waals surface area contributed by atoms with Crippen molar-refractivity contribution in [3.63, 3.8) is 0 Å². The van der Waals surface area contributed by atoms with Gasteiger partial charge < -0.3 is 10.8 Å². The Hall–Kier alpha value is -0.130. The van der Waals surface area contributed by atoms with Gasteiger partial charge in [0.05, 0.1) is 5.75 Å². The number of aliphatic hydroxyl groups excluding tert-OH is 1. The zero-order valence-electron chi connectivity index (χ0n) is 4.99. The van der Waals surface area contributed by atoms with Crippen molar-refractivity contribution in [2.24, 2.45) is 11.7 Å². The monoisotopic (exact) mass is 153 g/mol. The predicted octanol–water partition coefficient (Wildman–Crippen LogP) is -1.84. The fourth-order valence-corrected chi connectivity index (χ4v) is 1.10. The summed E-state index contributed by atoms with van der Waals surface area (Å²) in [5.41, 5.74) is 5.10. The van der Waals surface area contributed by atoms with E-state index in [1.54, 1.807) is 0 Å². The number of aliphatic hydroxyl groups is 1. The molecule has 0 aromatic heterocycles. The first kappa shape index (κ1) is 8.87. The molecule has 5 heteroatoms. The van der Waals surface area contributed by atoms with Gasteiger partial charge in [-0.05, 0) is 6.54 Å². The first-order chi connectivity index (χ1) is 4.20. The van der Waals surface area contributed by atoms with Gasteiger partial charge in [-0.3, -0.25) is 0 Å². The average Bonchev–Trinajstić information content (AvgIpc) is 1.82. The molecule has 0 aliphatic rings. The van der Waals surface area contributed by atoms with Gasteiger partial charge in [0, 0.05) is 12.5 Å². The number of thiol groups is 1. The summed E-state index contributed by atoms with van der Waals surface area (Å²) < 4.78 is 20.0. The minimum atomic E-state index is -2.39. The predicted molar refractivity (Wildman–Crippen MR) is 34.8 cm³/mol. The Morgan fingerprint density at radius 3 is 2.22 bits per heavy atom. The van der Waals surface area contributed by atoms with Gasteiger partial charge in [-0.1, -0.05) is 0 Å². The molecule has 0 heterocycles. The number of hydrogen-bond acceptors (Lipinski definition) is 4. The molecule has 0 amide bonds. The third-order valence-corrected chi connectivity index (χ3v) is 1.81. The van der Waals surface area contributed by atoms with Crippen molar-refractivity contribution in [3.05, 3.63) is 0 Å². The zero-order valence-corrected chi connectivity index (χ0v) is 5.88. The molecule has 1 atom stereocenters. The van der Waals surface area contributed by atoms with E-state index in [-0.39, 0.29) is 24.8 Å². The van der Waals surface area contributed by atoms with E-state index in [1.165, 1.54) is 0 Å². The molecule has 0 aliphatic heterocycles. The third kappa shape index (κ3) is 4.38. The lowest BCUT2D eigenvalue weighted by Gasteiger charge is -2.04. The average molecular weight is 153 g/mol. The first-order valence-electron chi connectivity index (χ1n) is 2.63. The first-order valence-corrected chi connectivity index (χ1v) is 3.99. The number of rotatable bonds is 4. The molecule has 0 aromatic rings. The van der Waals surface area contributed by atoms with Crippen LogP contribution in [0.25, 0.3) is 0 Å². The molecule has 0 aromatic carbocycles. The molecule has 0 aliphatic carbocycles. The van der Waals surface area contributed by atoms with Crippen LogP contribution in [0.15, 0.2) is 0 Å². The molecule has 0 saturated heterocycles. The van der Waals surface area contributed by atoms with Crippen LogP contribution >= 0.6 is 0 Å². The van der Waals surface area contributed by atoms with Crippen LogP contribution in [-0.2, 0) is 10.7 Å². The second kappa shape index (κ2) is 4.72. The lowest BCUT2D eigenvalue weighted by Crippen LogP contribution is -2.22. The summed E-state index contributed by atoms with van der Waals surface area (Å²) in [6.45, 7) is 0.0691. The summed E-state index contributed by atoms with van der Waals surface area (Å²) in [7, 11) is -2.39. The SMILES string of the molecule is NC[C@H](CO)C[SH](=O)=O. The maximum atomic E-state index is 10.00. The second-order valence-corrected chi connectivity index (χ2v) is 2.83. The highest BCUT2D eigenvalue weighted by atomic mass is 32.2. The van der Waals surface area contributed by atoms with Gasteiger partial charge >= 0.3 is 0 Å². The molecule has 56 valence electrons. The minimum absolute atomic E-state index is 0.0116. The van der Waals surface area contributed by atoms with Crippen molar-refractivity contribution in [2.45, 2.75) is 0 Å². The van der Waals surface area contributed by atoms with Crippen LogP contribution in [0.3, 0.4) is 0 Å². The summed E-state index contributed by atoms with van der Waals surface area (Å²) in [4.78, 5) is 0. The second-order valence-electron chi connectivity index (χ2n) is 1.80. The topological polar surface area (TPSA) is 80.4 Å². The van der Waals surface area contributed by atoms with E-state index >= 15 is 0 Å². The third-order valence-electron chi connectivity index (χ3n) is 0.999. The highest BCUT2D eigenvalue weighted by molar-refractivity contribution is 7.72.